The van der Waals surface area contributed by atoms with Crippen molar-refractivity contribution in [1.29, 1.82) is 0 Å². The van der Waals surface area contributed by atoms with Gasteiger partial charge < -0.3 is 14.8 Å². The van der Waals surface area contributed by atoms with E-state index in [1.54, 1.807) is 4.90 Å². The number of rotatable bonds is 4. The molecule has 40 heavy (non-hydrogen) atoms. The van der Waals surface area contributed by atoms with Gasteiger partial charge in [0.15, 0.2) is 8.32 Å². The maximum Gasteiger partial charge on any atom is 0.434 e. The monoisotopic (exact) mass is 603 g/mol. The zero-order valence-corrected chi connectivity index (χ0v) is 28.5. The second kappa shape index (κ2) is 11.6. The van der Waals surface area contributed by atoms with Crippen molar-refractivity contribution in [1.82, 2.24) is 10.2 Å². The number of nitrogens with one attached hydrogen (secondary N) is 1. The second-order valence-electron chi connectivity index (χ2n) is 14.1. The summed E-state index contributed by atoms with van der Waals surface area (Å²) in [4.78, 5) is 31.0. The zero-order valence-electron chi connectivity index (χ0n) is 25.7. The van der Waals surface area contributed by atoms with Gasteiger partial charge >= 0.3 is 6.09 Å². The molecule has 1 aromatic rings. The molecule has 0 bridgehead atoms. The van der Waals surface area contributed by atoms with Crippen LogP contribution in [0.4, 0.5) is 4.79 Å². The molecule has 4 atom stereocenters. The van der Waals surface area contributed by atoms with Gasteiger partial charge in [0.25, 0.3) is 0 Å². The van der Waals surface area contributed by atoms with Crippen molar-refractivity contribution in [3.8, 4) is 11.5 Å². The largest absolute Gasteiger partial charge is 0.463 e. The molecular formula is C30H46ClN3O4Si2. The fourth-order valence-corrected chi connectivity index (χ4v) is 7.53. The molecule has 2 N–H and O–H groups in total. The number of carbonyl (C=O) groups is 2. The van der Waals surface area contributed by atoms with Crippen LogP contribution in [0.15, 0.2) is 23.2 Å². The number of halogens is 1. The normalized spacial score (nSPS) is 27.2. The average Bonchev–Trinajstić information content (AvgIpc) is 2.77. The Hall–Kier alpha value is -2.13. The molecule has 1 heterocycles. The van der Waals surface area contributed by atoms with Gasteiger partial charge in [-0.3, -0.25) is 9.69 Å². The number of hydrogen-bond acceptors (Lipinski definition) is 3. The molecule has 0 aromatic heterocycles. The smallest absolute Gasteiger partial charge is 0.434 e. The number of nitrogens with zero attached hydrogens (tertiary/aromatic N) is 2. The highest BCUT2D eigenvalue weighted by Gasteiger charge is 2.47. The van der Waals surface area contributed by atoms with Crippen LogP contribution in [0.3, 0.4) is 0 Å². The predicted molar refractivity (Wildman–Crippen MR) is 168 cm³/mol. The lowest BCUT2D eigenvalue weighted by molar-refractivity contribution is -0.133. The van der Waals surface area contributed by atoms with Crippen LogP contribution >= 0.6 is 11.6 Å². The SMILES string of the molecule is CC1CC(N2C(=O)C[C@@](C)(c3cccc(C#C[Si](C)(C)C)c3Cl)N/C2=N\C(=O)O)CCC1O[Si](C)(C)C(C)(C)C. The van der Waals surface area contributed by atoms with Crippen molar-refractivity contribution in [3.63, 3.8) is 0 Å². The molecule has 2 aliphatic rings. The lowest BCUT2D eigenvalue weighted by atomic mass is 9.81. The summed E-state index contributed by atoms with van der Waals surface area (Å²) in [6, 6.07) is 5.44. The summed E-state index contributed by atoms with van der Waals surface area (Å²) in [6.45, 7) is 21.8. The van der Waals surface area contributed by atoms with Crippen molar-refractivity contribution in [2.24, 2.45) is 10.9 Å². The highest BCUT2D eigenvalue weighted by molar-refractivity contribution is 6.83. The van der Waals surface area contributed by atoms with Crippen LogP contribution in [0.2, 0.25) is 42.8 Å². The van der Waals surface area contributed by atoms with Gasteiger partial charge in [-0.25, -0.2) is 4.79 Å². The first-order valence-corrected chi connectivity index (χ1v) is 20.9. The molecule has 10 heteroatoms. The molecule has 2 amide bonds. The lowest BCUT2D eigenvalue weighted by Gasteiger charge is -2.48. The highest BCUT2D eigenvalue weighted by Crippen LogP contribution is 2.42. The van der Waals surface area contributed by atoms with E-state index in [2.05, 4.69) is 82.2 Å². The van der Waals surface area contributed by atoms with Crippen molar-refractivity contribution in [2.45, 2.75) is 116 Å². The molecule has 0 radical (unpaired) electrons. The van der Waals surface area contributed by atoms with E-state index in [0.717, 1.165) is 12.8 Å². The maximum absolute atomic E-state index is 13.8. The minimum absolute atomic E-state index is 0.0573. The quantitative estimate of drug-likeness (QED) is 0.280. The van der Waals surface area contributed by atoms with E-state index in [1.165, 1.54) is 0 Å². The van der Waals surface area contributed by atoms with E-state index >= 15 is 0 Å². The van der Waals surface area contributed by atoms with E-state index in [9.17, 15) is 14.7 Å². The number of carbonyl (C=O) groups excluding carboxylic acids is 1. The molecule has 1 aliphatic heterocycles. The summed E-state index contributed by atoms with van der Waals surface area (Å²) < 4.78 is 6.74. The van der Waals surface area contributed by atoms with Crippen molar-refractivity contribution in [2.75, 3.05) is 0 Å². The number of aliphatic imine (C=N–C) groups is 1. The summed E-state index contributed by atoms with van der Waals surface area (Å²) in [7, 11) is -3.57. The summed E-state index contributed by atoms with van der Waals surface area (Å²) in [5, 5.41) is 13.5. The maximum atomic E-state index is 13.8. The molecule has 3 unspecified atom stereocenters. The number of carboxylic acid groups (broad SMARTS) is 1. The minimum atomic E-state index is -1.94. The Kier molecular flexibility index (Phi) is 9.42. The van der Waals surface area contributed by atoms with Crippen LogP contribution in [-0.4, -0.2) is 56.5 Å². The molecular weight excluding hydrogens is 558 g/mol. The first kappa shape index (κ1) is 32.4. The van der Waals surface area contributed by atoms with E-state index < -0.39 is 28.0 Å². The molecule has 1 saturated heterocycles. The van der Waals surface area contributed by atoms with Crippen LogP contribution in [0.1, 0.15) is 71.4 Å². The third kappa shape index (κ3) is 7.38. The summed E-state index contributed by atoms with van der Waals surface area (Å²) in [6.07, 6.45) is 1.12. The molecule has 1 aromatic carbocycles. The highest BCUT2D eigenvalue weighted by atomic mass is 35.5. The Morgan fingerprint density at radius 3 is 2.42 bits per heavy atom. The third-order valence-corrected chi connectivity index (χ3v) is 14.2. The summed E-state index contributed by atoms with van der Waals surface area (Å²) in [5.74, 6) is 3.33. The van der Waals surface area contributed by atoms with Gasteiger partial charge in [0.2, 0.25) is 11.9 Å². The van der Waals surface area contributed by atoms with Gasteiger partial charge in [-0.1, -0.05) is 77.0 Å². The summed E-state index contributed by atoms with van der Waals surface area (Å²) >= 11 is 6.85. The Morgan fingerprint density at radius 1 is 1.23 bits per heavy atom. The van der Waals surface area contributed by atoms with E-state index in [0.29, 0.717) is 22.6 Å². The van der Waals surface area contributed by atoms with Crippen molar-refractivity contribution >= 4 is 46.0 Å². The number of amides is 2. The lowest BCUT2D eigenvalue weighted by Crippen LogP contribution is -2.63. The van der Waals surface area contributed by atoms with Gasteiger partial charge in [-0.05, 0) is 61.9 Å². The Morgan fingerprint density at radius 2 is 1.88 bits per heavy atom. The van der Waals surface area contributed by atoms with Gasteiger partial charge in [-0.15, -0.1) is 10.5 Å². The first-order chi connectivity index (χ1) is 18.2. The number of hydrogen-bond donors (Lipinski definition) is 2. The number of benzene rings is 1. The van der Waals surface area contributed by atoms with Gasteiger partial charge in [0.1, 0.15) is 8.07 Å². The van der Waals surface area contributed by atoms with Gasteiger partial charge in [0.05, 0.1) is 17.0 Å². The second-order valence-corrected chi connectivity index (χ2v) is 24.0. The fraction of sp³-hybridized carbons (Fsp3) is 0.633. The standard InChI is InChI=1S/C30H46ClN3O4Si2/c1-20-18-22(14-15-24(20)38-40(9,10)29(2,3)4)34-25(35)19-30(5,33-27(34)32-28(36)37)23-13-11-12-21(26(23)31)16-17-39(6,7)8/h11-13,20,22,24H,14-15,18-19H2,1-10H3,(H,32,33)(H,36,37)/t20?,22?,24?,30-/m0/s1. The molecule has 220 valence electrons. The van der Waals surface area contributed by atoms with E-state index in [-0.39, 0.29) is 41.4 Å². The van der Waals surface area contributed by atoms with Crippen LogP contribution in [0.5, 0.6) is 0 Å². The van der Waals surface area contributed by atoms with Gasteiger partial charge in [-0.2, -0.15) is 0 Å². The van der Waals surface area contributed by atoms with Crippen LogP contribution in [0, 0.1) is 17.4 Å². The molecule has 1 saturated carbocycles. The molecule has 7 nitrogen and oxygen atoms in total. The molecule has 1 aliphatic carbocycles. The third-order valence-electron chi connectivity index (χ3n) is 8.44. The number of guanidine groups is 1. The molecule has 2 fully saturated rings. The predicted octanol–water partition coefficient (Wildman–Crippen LogP) is 7.22. The average molecular weight is 604 g/mol. The van der Waals surface area contributed by atoms with Crippen molar-refractivity contribution < 1.29 is 19.1 Å². The van der Waals surface area contributed by atoms with Crippen LogP contribution in [0.25, 0.3) is 0 Å². The molecule has 3 rings (SSSR count). The minimum Gasteiger partial charge on any atom is -0.463 e. The topological polar surface area (TPSA) is 91.2 Å². The summed E-state index contributed by atoms with van der Waals surface area (Å²) in [5.41, 5.74) is 3.80. The Balaban J connectivity index is 1.89. The van der Waals surface area contributed by atoms with Crippen LogP contribution in [-0.2, 0) is 14.8 Å². The van der Waals surface area contributed by atoms with E-state index in [1.807, 2.05) is 25.1 Å². The van der Waals surface area contributed by atoms with Gasteiger partial charge in [0, 0.05) is 17.7 Å². The van der Waals surface area contributed by atoms with Crippen molar-refractivity contribution in [3.05, 3.63) is 34.3 Å². The first-order valence-electron chi connectivity index (χ1n) is 14.2. The molecule has 0 spiro atoms. The van der Waals surface area contributed by atoms with E-state index in [4.69, 9.17) is 16.0 Å². The van der Waals surface area contributed by atoms with Crippen LogP contribution < -0.4 is 5.32 Å². The zero-order chi connectivity index (χ0) is 30.3. The Bertz CT molecular complexity index is 1240. The Labute approximate surface area is 247 Å². The fourth-order valence-electron chi connectivity index (χ4n) is 5.18.